The van der Waals surface area contributed by atoms with Crippen molar-refractivity contribution < 1.29 is 21.6 Å². The molecule has 0 fully saturated rings. The Bertz CT molecular complexity index is 1330. The summed E-state index contributed by atoms with van der Waals surface area (Å²) in [5.41, 5.74) is 1.48. The zero-order chi connectivity index (χ0) is 23.0. The van der Waals surface area contributed by atoms with Gasteiger partial charge in [-0.25, -0.2) is 36.5 Å². The summed E-state index contributed by atoms with van der Waals surface area (Å²) in [5.74, 6) is -0.0713. The highest BCUT2D eigenvalue weighted by molar-refractivity contribution is 7.91. The molecule has 3 heterocycles. The highest BCUT2D eigenvalue weighted by Crippen LogP contribution is 2.31. The molecule has 1 aromatic carbocycles. The summed E-state index contributed by atoms with van der Waals surface area (Å²) < 4.78 is 64.2. The van der Waals surface area contributed by atoms with Gasteiger partial charge in [-0.3, -0.25) is 0 Å². The molecule has 1 N–H and O–H groups in total. The summed E-state index contributed by atoms with van der Waals surface area (Å²) in [5, 5.41) is 3.67. The number of sulfone groups is 1. The summed E-state index contributed by atoms with van der Waals surface area (Å²) in [6.07, 6.45) is 0.783. The Morgan fingerprint density at radius 1 is 1.16 bits per heavy atom. The van der Waals surface area contributed by atoms with Crippen LogP contribution in [0.5, 0.6) is 0 Å². The quantitative estimate of drug-likeness (QED) is 0.587. The van der Waals surface area contributed by atoms with Crippen LogP contribution in [0.2, 0.25) is 0 Å². The molecule has 3 aromatic rings. The monoisotopic (exact) mass is 462 g/mol. The van der Waals surface area contributed by atoms with Crippen molar-refractivity contribution in [3.63, 3.8) is 0 Å². The Morgan fingerprint density at radius 2 is 1.91 bits per heavy atom. The second-order valence-corrected chi connectivity index (χ2v) is 9.95. The van der Waals surface area contributed by atoms with Crippen molar-refractivity contribution in [2.24, 2.45) is 0 Å². The zero-order valence-electron chi connectivity index (χ0n) is 17.4. The molecule has 0 aliphatic carbocycles. The van der Waals surface area contributed by atoms with Crippen LogP contribution in [0, 0.1) is 12.7 Å². The normalized spacial score (nSPS) is 16.8. The van der Waals surface area contributed by atoms with Gasteiger partial charge in [0.2, 0.25) is 0 Å². The molecule has 0 bridgehead atoms. The van der Waals surface area contributed by atoms with Crippen molar-refractivity contribution >= 4 is 32.3 Å². The highest BCUT2D eigenvalue weighted by atomic mass is 32.2. The third-order valence-corrected chi connectivity index (χ3v) is 6.91. The molecule has 0 radical (unpaired) electrons. The maximum absolute atomic E-state index is 14.6. The molecule has 1 aliphatic rings. The second-order valence-electron chi connectivity index (χ2n) is 7.73. The van der Waals surface area contributed by atoms with Gasteiger partial charge in [0.05, 0.1) is 28.5 Å². The standard InChI is InChI=1S/C22H21F3N4O2S/c1-12(16-4-3-5-17(19(16)23)20(24)25)27-22-18-10-15(11-26-21(18)28-13(2)29-22)14-6-8-32(30,31)9-7-14/h3-6,10-12,20H,7-9H2,1-2H3,(H,26,27,28,29). The van der Waals surface area contributed by atoms with Gasteiger partial charge in [0, 0.05) is 11.8 Å². The number of nitrogens with one attached hydrogen (secondary N) is 1. The van der Waals surface area contributed by atoms with Gasteiger partial charge in [-0.2, -0.15) is 0 Å². The molecule has 10 heteroatoms. The van der Waals surface area contributed by atoms with Crippen molar-refractivity contribution in [2.75, 3.05) is 16.8 Å². The number of nitrogens with zero attached hydrogens (tertiary/aromatic N) is 3. The lowest BCUT2D eigenvalue weighted by molar-refractivity contribution is 0.146. The smallest absolute Gasteiger partial charge is 0.266 e. The molecule has 1 aliphatic heterocycles. The van der Waals surface area contributed by atoms with Crippen LogP contribution >= 0.6 is 0 Å². The van der Waals surface area contributed by atoms with Crippen LogP contribution < -0.4 is 5.32 Å². The third kappa shape index (κ3) is 4.45. The molecule has 2 aromatic heterocycles. The average molecular weight is 462 g/mol. The summed E-state index contributed by atoms with van der Waals surface area (Å²) in [4.78, 5) is 13.1. The second kappa shape index (κ2) is 8.50. The number of hydrogen-bond acceptors (Lipinski definition) is 6. The van der Waals surface area contributed by atoms with Crippen molar-refractivity contribution in [1.29, 1.82) is 0 Å². The Hall–Kier alpha value is -3.01. The first-order valence-corrected chi connectivity index (χ1v) is 11.8. The Morgan fingerprint density at radius 3 is 2.59 bits per heavy atom. The maximum Gasteiger partial charge on any atom is 0.266 e. The molecule has 0 saturated carbocycles. The number of aromatic nitrogens is 3. The molecule has 0 spiro atoms. The van der Waals surface area contributed by atoms with Crippen molar-refractivity contribution in [1.82, 2.24) is 15.0 Å². The molecule has 4 rings (SSSR count). The molecule has 32 heavy (non-hydrogen) atoms. The van der Waals surface area contributed by atoms with Gasteiger partial charge >= 0.3 is 0 Å². The predicted octanol–water partition coefficient (Wildman–Crippen LogP) is 4.78. The minimum Gasteiger partial charge on any atom is -0.363 e. The Labute approximate surface area is 183 Å². The topological polar surface area (TPSA) is 84.8 Å². The minimum atomic E-state index is -3.06. The summed E-state index contributed by atoms with van der Waals surface area (Å²) in [6, 6.07) is 5.06. The lowest BCUT2D eigenvalue weighted by Crippen LogP contribution is -2.15. The molecule has 6 nitrogen and oxygen atoms in total. The van der Waals surface area contributed by atoms with E-state index in [9.17, 15) is 21.6 Å². The number of halogens is 3. The highest BCUT2D eigenvalue weighted by Gasteiger charge is 2.22. The van der Waals surface area contributed by atoms with Gasteiger partial charge in [0.1, 0.15) is 17.5 Å². The van der Waals surface area contributed by atoms with Crippen LogP contribution in [0.15, 0.2) is 36.5 Å². The van der Waals surface area contributed by atoms with E-state index in [-0.39, 0.29) is 17.1 Å². The lowest BCUT2D eigenvalue weighted by Gasteiger charge is -2.19. The van der Waals surface area contributed by atoms with Gasteiger partial charge in [0.15, 0.2) is 15.5 Å². The van der Waals surface area contributed by atoms with Crippen LogP contribution in [-0.2, 0) is 9.84 Å². The van der Waals surface area contributed by atoms with E-state index in [0.29, 0.717) is 29.1 Å². The minimum absolute atomic E-state index is 0.0212. The van der Waals surface area contributed by atoms with Gasteiger partial charge in [-0.1, -0.05) is 24.3 Å². The van der Waals surface area contributed by atoms with Crippen molar-refractivity contribution in [3.8, 4) is 0 Å². The van der Waals surface area contributed by atoms with E-state index in [0.717, 1.165) is 17.2 Å². The number of pyridine rings is 1. The Balaban J connectivity index is 1.72. The van der Waals surface area contributed by atoms with E-state index in [1.165, 1.54) is 12.1 Å². The van der Waals surface area contributed by atoms with Gasteiger partial charge < -0.3 is 5.32 Å². The van der Waals surface area contributed by atoms with Gasteiger partial charge in [-0.05, 0) is 37.5 Å². The summed E-state index contributed by atoms with van der Waals surface area (Å²) >= 11 is 0. The number of hydrogen-bond donors (Lipinski definition) is 1. The largest absolute Gasteiger partial charge is 0.363 e. The van der Waals surface area contributed by atoms with Crippen LogP contribution in [0.3, 0.4) is 0 Å². The van der Waals surface area contributed by atoms with E-state index in [1.54, 1.807) is 26.1 Å². The maximum atomic E-state index is 14.6. The first-order valence-electron chi connectivity index (χ1n) is 10.0. The van der Waals surface area contributed by atoms with Gasteiger partial charge in [-0.15, -0.1) is 0 Å². The number of anilines is 1. The van der Waals surface area contributed by atoms with E-state index in [1.807, 2.05) is 6.07 Å². The van der Waals surface area contributed by atoms with E-state index in [2.05, 4.69) is 20.3 Å². The predicted molar refractivity (Wildman–Crippen MR) is 117 cm³/mol. The molecule has 168 valence electrons. The fraction of sp³-hybridized carbons (Fsp3) is 0.318. The first-order chi connectivity index (χ1) is 15.1. The first kappa shape index (κ1) is 22.2. The number of rotatable bonds is 5. The number of fused-ring (bicyclic) bond motifs is 1. The lowest BCUT2D eigenvalue weighted by atomic mass is 10.0. The van der Waals surface area contributed by atoms with Crippen LogP contribution in [0.4, 0.5) is 19.0 Å². The molecular formula is C22H21F3N4O2S. The van der Waals surface area contributed by atoms with Crippen LogP contribution in [-0.4, -0.2) is 34.9 Å². The molecule has 0 saturated heterocycles. The molecular weight excluding hydrogens is 441 g/mol. The molecule has 1 atom stereocenters. The average Bonchev–Trinajstić information content (AvgIpc) is 2.73. The number of aryl methyl sites for hydroxylation is 1. The number of allylic oxidation sites excluding steroid dienone is 1. The molecule has 0 amide bonds. The van der Waals surface area contributed by atoms with Crippen LogP contribution in [0.25, 0.3) is 16.6 Å². The fourth-order valence-electron chi connectivity index (χ4n) is 3.70. The summed E-state index contributed by atoms with van der Waals surface area (Å²) in [7, 11) is -3.06. The molecule has 1 unspecified atom stereocenters. The Kier molecular flexibility index (Phi) is 5.89. The zero-order valence-corrected chi connectivity index (χ0v) is 18.3. The number of alkyl halides is 2. The van der Waals surface area contributed by atoms with Gasteiger partial charge in [0.25, 0.3) is 6.43 Å². The summed E-state index contributed by atoms with van der Waals surface area (Å²) in [6.45, 7) is 3.35. The fourth-order valence-corrected chi connectivity index (χ4v) is 4.85. The van der Waals surface area contributed by atoms with Crippen molar-refractivity contribution in [2.45, 2.75) is 32.7 Å². The SMILES string of the molecule is Cc1nc(NC(C)c2cccc(C(F)F)c2F)c2cc(C3=CCS(=O)(=O)CC3)cnc2n1. The van der Waals surface area contributed by atoms with E-state index >= 15 is 0 Å². The van der Waals surface area contributed by atoms with E-state index in [4.69, 9.17) is 0 Å². The van der Waals surface area contributed by atoms with Crippen molar-refractivity contribution in [3.05, 3.63) is 64.9 Å². The van der Waals surface area contributed by atoms with E-state index < -0.39 is 33.7 Å². The van der Waals surface area contributed by atoms with Crippen LogP contribution in [0.1, 0.15) is 48.3 Å². The number of benzene rings is 1. The third-order valence-electron chi connectivity index (χ3n) is 5.41.